The van der Waals surface area contributed by atoms with Crippen LogP contribution in [0.2, 0.25) is 0 Å². The van der Waals surface area contributed by atoms with E-state index in [0.717, 1.165) is 5.56 Å². The van der Waals surface area contributed by atoms with Crippen LogP contribution in [0.5, 0.6) is 5.75 Å². The third-order valence-corrected chi connectivity index (χ3v) is 4.35. The molecule has 1 aliphatic rings. The fraction of sp³-hybridized carbons (Fsp3) is 0.300. The molecule has 0 aliphatic carbocycles. The van der Waals surface area contributed by atoms with Gasteiger partial charge in [0.25, 0.3) is 0 Å². The van der Waals surface area contributed by atoms with Gasteiger partial charge in [0.15, 0.2) is 0 Å². The first-order valence-electron chi connectivity index (χ1n) is 8.94. The van der Waals surface area contributed by atoms with Crippen LogP contribution >= 0.6 is 24.8 Å². The number of carbonyl (C=O) groups excluding carboxylic acids is 2. The molecular weight excluding hydrogens is 415 g/mol. The van der Waals surface area contributed by atoms with E-state index >= 15 is 0 Å². The predicted octanol–water partition coefficient (Wildman–Crippen LogP) is 1.85. The molecule has 0 saturated carbocycles. The molecule has 9 heteroatoms. The molecule has 3 rings (SSSR count). The zero-order valence-electron chi connectivity index (χ0n) is 15.8. The minimum atomic E-state index is -0.359. The number of hydrogen-bond acceptors (Lipinski definition) is 5. The van der Waals surface area contributed by atoms with Gasteiger partial charge in [0, 0.05) is 24.3 Å². The summed E-state index contributed by atoms with van der Waals surface area (Å²) >= 11 is 0. The van der Waals surface area contributed by atoms with Crippen LogP contribution < -0.4 is 26.4 Å². The molecule has 0 radical (unpaired) electrons. The third-order valence-electron chi connectivity index (χ3n) is 4.35. The maximum atomic E-state index is 12.5. The van der Waals surface area contributed by atoms with Crippen molar-refractivity contribution in [3.05, 3.63) is 60.2 Å². The average Bonchev–Trinajstić information content (AvgIpc) is 3.16. The Morgan fingerprint density at radius 3 is 2.59 bits per heavy atom. The Kier molecular flexibility index (Phi) is 10.5. The van der Waals surface area contributed by atoms with Crippen LogP contribution in [0.15, 0.2) is 54.6 Å². The van der Waals surface area contributed by atoms with E-state index < -0.39 is 0 Å². The van der Waals surface area contributed by atoms with Gasteiger partial charge in [0.2, 0.25) is 11.8 Å². The second-order valence-corrected chi connectivity index (χ2v) is 6.46. The number of amides is 2. The predicted molar refractivity (Wildman–Crippen MR) is 118 cm³/mol. The number of rotatable bonds is 7. The largest absolute Gasteiger partial charge is 0.489 e. The van der Waals surface area contributed by atoms with Crippen LogP contribution in [0.1, 0.15) is 12.0 Å². The highest BCUT2D eigenvalue weighted by Crippen LogP contribution is 2.19. The third kappa shape index (κ3) is 7.55. The number of nitrogens with one attached hydrogen (secondary N) is 3. The number of nitrogens with two attached hydrogens (primary N) is 1. The van der Waals surface area contributed by atoms with Gasteiger partial charge in [-0.25, -0.2) is 0 Å². The Balaban J connectivity index is 0.00000210. The molecule has 2 aromatic carbocycles. The summed E-state index contributed by atoms with van der Waals surface area (Å²) < 4.78 is 5.79. The van der Waals surface area contributed by atoms with Crippen LogP contribution in [0, 0.1) is 0 Å². The van der Waals surface area contributed by atoms with Crippen LogP contribution in [0.3, 0.4) is 0 Å². The number of benzene rings is 2. The van der Waals surface area contributed by atoms with Crippen LogP contribution in [0.4, 0.5) is 5.69 Å². The van der Waals surface area contributed by atoms with Gasteiger partial charge in [-0.15, -0.1) is 24.8 Å². The smallest absolute Gasteiger partial charge is 0.241 e. The number of carbonyl (C=O) groups is 2. The molecule has 158 valence electrons. The van der Waals surface area contributed by atoms with Crippen molar-refractivity contribution in [3.63, 3.8) is 0 Å². The molecule has 1 fully saturated rings. The van der Waals surface area contributed by atoms with Gasteiger partial charge in [0.05, 0.1) is 12.6 Å². The van der Waals surface area contributed by atoms with Gasteiger partial charge >= 0.3 is 0 Å². The maximum Gasteiger partial charge on any atom is 0.241 e. The summed E-state index contributed by atoms with van der Waals surface area (Å²) in [4.78, 5) is 23.8. The molecule has 7 nitrogen and oxygen atoms in total. The minimum absolute atomic E-state index is 0. The zero-order chi connectivity index (χ0) is 19.1. The standard InChI is InChI=1S/C20H24N4O3.2ClH/c21-11-19(25)23-16-10-18(22-12-16)20(26)24-15-7-4-8-17(9-15)27-13-14-5-2-1-3-6-14;;/h1-9,16,18,22H,10-13,21H2,(H,23,25)(H,24,26);2*1H/t16-,18+;;/m1../s1. The Morgan fingerprint density at radius 1 is 1.10 bits per heavy atom. The molecule has 0 unspecified atom stereocenters. The molecule has 0 aromatic heterocycles. The molecule has 2 aromatic rings. The van der Waals surface area contributed by atoms with Crippen LogP contribution in [-0.2, 0) is 16.2 Å². The van der Waals surface area contributed by atoms with Crippen molar-refractivity contribution in [1.82, 2.24) is 10.6 Å². The van der Waals surface area contributed by atoms with E-state index in [2.05, 4.69) is 16.0 Å². The van der Waals surface area contributed by atoms with E-state index in [1.54, 1.807) is 6.07 Å². The van der Waals surface area contributed by atoms with E-state index in [1.165, 1.54) is 0 Å². The highest BCUT2D eigenvalue weighted by molar-refractivity contribution is 5.95. The number of ether oxygens (including phenoxy) is 1. The Bertz CT molecular complexity index is 792. The number of hydrogen-bond donors (Lipinski definition) is 4. The quantitative estimate of drug-likeness (QED) is 0.525. The molecule has 5 N–H and O–H groups in total. The van der Waals surface area contributed by atoms with Gasteiger partial charge in [-0.2, -0.15) is 0 Å². The first-order chi connectivity index (χ1) is 13.1. The lowest BCUT2D eigenvalue weighted by Crippen LogP contribution is -2.39. The molecule has 1 heterocycles. The zero-order valence-corrected chi connectivity index (χ0v) is 17.4. The molecule has 1 aliphatic heterocycles. The van der Waals surface area contributed by atoms with Gasteiger partial charge in [-0.05, 0) is 24.1 Å². The fourth-order valence-electron chi connectivity index (χ4n) is 2.97. The van der Waals surface area contributed by atoms with Crippen molar-refractivity contribution in [3.8, 4) is 5.75 Å². The maximum absolute atomic E-state index is 12.5. The average molecular weight is 441 g/mol. The summed E-state index contributed by atoms with van der Waals surface area (Å²) in [5.74, 6) is 0.329. The summed E-state index contributed by atoms with van der Waals surface area (Å²) in [5, 5.41) is 8.80. The molecule has 2 amide bonds. The fourth-order valence-corrected chi connectivity index (χ4v) is 2.97. The molecule has 29 heavy (non-hydrogen) atoms. The van der Waals surface area contributed by atoms with E-state index in [9.17, 15) is 9.59 Å². The van der Waals surface area contributed by atoms with Gasteiger partial charge in [0.1, 0.15) is 12.4 Å². The van der Waals surface area contributed by atoms with Crippen molar-refractivity contribution in [2.75, 3.05) is 18.4 Å². The first-order valence-corrected chi connectivity index (χ1v) is 8.94. The lowest BCUT2D eigenvalue weighted by atomic mass is 10.1. The van der Waals surface area contributed by atoms with Crippen molar-refractivity contribution >= 4 is 42.3 Å². The second-order valence-electron chi connectivity index (χ2n) is 6.46. The number of halogens is 2. The second kappa shape index (κ2) is 12.3. The van der Waals surface area contributed by atoms with E-state index in [0.29, 0.717) is 31.0 Å². The lowest BCUT2D eigenvalue weighted by Gasteiger charge is -2.13. The van der Waals surface area contributed by atoms with E-state index in [4.69, 9.17) is 10.5 Å². The summed E-state index contributed by atoms with van der Waals surface area (Å²) in [6, 6.07) is 16.7. The number of anilines is 1. The van der Waals surface area contributed by atoms with Crippen molar-refractivity contribution in [2.45, 2.75) is 25.1 Å². The van der Waals surface area contributed by atoms with Crippen LogP contribution in [0.25, 0.3) is 0 Å². The topological polar surface area (TPSA) is 105 Å². The van der Waals surface area contributed by atoms with E-state index in [1.807, 2.05) is 48.5 Å². The Hall–Kier alpha value is -2.32. The molecule has 0 spiro atoms. The first kappa shape index (κ1) is 24.7. The highest BCUT2D eigenvalue weighted by atomic mass is 35.5. The van der Waals surface area contributed by atoms with Gasteiger partial charge in [-0.1, -0.05) is 36.4 Å². The summed E-state index contributed by atoms with van der Waals surface area (Å²) in [6.45, 7) is 0.956. The van der Waals surface area contributed by atoms with Crippen molar-refractivity contribution < 1.29 is 14.3 Å². The molecule has 1 saturated heterocycles. The lowest BCUT2D eigenvalue weighted by molar-refractivity contribution is -0.121. The van der Waals surface area contributed by atoms with Crippen molar-refractivity contribution in [1.29, 1.82) is 0 Å². The Labute approximate surface area is 182 Å². The summed E-state index contributed by atoms with van der Waals surface area (Å²) in [6.07, 6.45) is 0.530. The molecule has 2 atom stereocenters. The molecule has 0 bridgehead atoms. The van der Waals surface area contributed by atoms with Crippen LogP contribution in [-0.4, -0.2) is 37.0 Å². The van der Waals surface area contributed by atoms with Crippen molar-refractivity contribution in [2.24, 2.45) is 5.73 Å². The van der Waals surface area contributed by atoms with Gasteiger partial charge < -0.3 is 26.4 Å². The van der Waals surface area contributed by atoms with Gasteiger partial charge in [-0.3, -0.25) is 9.59 Å². The minimum Gasteiger partial charge on any atom is -0.489 e. The van der Waals surface area contributed by atoms with E-state index in [-0.39, 0.29) is 55.3 Å². The SMILES string of the molecule is Cl.Cl.NCC(=O)N[C@H]1CN[C@H](C(=O)Nc2cccc(OCc3ccccc3)c2)C1. The summed E-state index contributed by atoms with van der Waals surface area (Å²) in [7, 11) is 0. The monoisotopic (exact) mass is 440 g/mol. The summed E-state index contributed by atoms with van der Waals surface area (Å²) in [5.41, 5.74) is 7.04. The highest BCUT2D eigenvalue weighted by Gasteiger charge is 2.30. The Morgan fingerprint density at radius 2 is 1.86 bits per heavy atom. The molecular formula is C20H26Cl2N4O3. The normalized spacial score (nSPS) is 17.4.